The Balaban J connectivity index is 2.03. The van der Waals surface area contributed by atoms with E-state index in [0.717, 1.165) is 35.8 Å². The van der Waals surface area contributed by atoms with Crippen molar-refractivity contribution in [3.8, 4) is 0 Å². The van der Waals surface area contributed by atoms with Crippen molar-refractivity contribution in [2.45, 2.75) is 37.8 Å². The van der Waals surface area contributed by atoms with Gasteiger partial charge in [0.2, 0.25) is 0 Å². The lowest BCUT2D eigenvalue weighted by Crippen LogP contribution is -2.32. The fourth-order valence-electron chi connectivity index (χ4n) is 2.22. The smallest absolute Gasteiger partial charge is 0.270 e. The molecule has 1 fully saturated rings. The first kappa shape index (κ1) is 13.3. The van der Waals surface area contributed by atoms with E-state index >= 15 is 0 Å². The van der Waals surface area contributed by atoms with E-state index in [1.54, 1.807) is 6.07 Å². The summed E-state index contributed by atoms with van der Waals surface area (Å²) in [7, 11) is 0. The number of halogens is 1. The van der Waals surface area contributed by atoms with Crippen LogP contribution >= 0.6 is 15.9 Å². The SMILES string of the molecule is NC1CCC(Nc2ccc([N+](=O)[O-])cc2Br)CC1. The van der Waals surface area contributed by atoms with Crippen molar-refractivity contribution >= 4 is 27.3 Å². The fourth-order valence-corrected chi connectivity index (χ4v) is 2.70. The summed E-state index contributed by atoms with van der Waals surface area (Å²) in [4.78, 5) is 10.2. The average molecular weight is 314 g/mol. The lowest BCUT2D eigenvalue weighted by atomic mass is 9.92. The summed E-state index contributed by atoms with van der Waals surface area (Å²) in [5, 5.41) is 14.1. The van der Waals surface area contributed by atoms with Gasteiger partial charge in [-0.05, 0) is 47.7 Å². The lowest BCUT2D eigenvalue weighted by molar-refractivity contribution is -0.384. The Hall–Kier alpha value is -1.14. The monoisotopic (exact) mass is 313 g/mol. The summed E-state index contributed by atoms with van der Waals surface area (Å²) in [5.41, 5.74) is 6.86. The van der Waals surface area contributed by atoms with Gasteiger partial charge in [0.05, 0.1) is 4.92 Å². The summed E-state index contributed by atoms with van der Waals surface area (Å²) >= 11 is 3.36. The number of anilines is 1. The third kappa shape index (κ3) is 3.20. The van der Waals surface area contributed by atoms with Crippen molar-refractivity contribution in [2.24, 2.45) is 5.73 Å². The van der Waals surface area contributed by atoms with Crippen LogP contribution in [0.5, 0.6) is 0 Å². The molecule has 1 aromatic carbocycles. The normalized spacial score (nSPS) is 23.7. The van der Waals surface area contributed by atoms with Crippen molar-refractivity contribution in [3.63, 3.8) is 0 Å². The topological polar surface area (TPSA) is 81.2 Å². The molecule has 1 aliphatic rings. The van der Waals surface area contributed by atoms with Crippen LogP contribution in [0.1, 0.15) is 25.7 Å². The highest BCUT2D eigenvalue weighted by Gasteiger charge is 2.19. The largest absolute Gasteiger partial charge is 0.381 e. The predicted octanol–water partition coefficient (Wildman–Crippen LogP) is 3.04. The maximum atomic E-state index is 10.6. The van der Waals surface area contributed by atoms with Gasteiger partial charge in [0.1, 0.15) is 0 Å². The average Bonchev–Trinajstić information content (AvgIpc) is 2.34. The molecule has 1 saturated carbocycles. The van der Waals surface area contributed by atoms with Crippen molar-refractivity contribution in [3.05, 3.63) is 32.8 Å². The molecule has 3 N–H and O–H groups in total. The standard InChI is InChI=1S/C12H16BrN3O2/c13-11-7-10(16(17)18)5-6-12(11)15-9-3-1-8(14)2-4-9/h5-9,15H,1-4,14H2. The Morgan fingerprint density at radius 1 is 1.33 bits per heavy atom. The van der Waals surface area contributed by atoms with Crippen LogP contribution in [0.3, 0.4) is 0 Å². The Kier molecular flexibility index (Phi) is 4.19. The van der Waals surface area contributed by atoms with E-state index in [1.165, 1.54) is 12.1 Å². The zero-order valence-corrected chi connectivity index (χ0v) is 11.5. The molecule has 0 heterocycles. The van der Waals surface area contributed by atoms with Gasteiger partial charge in [-0.3, -0.25) is 10.1 Å². The second kappa shape index (κ2) is 5.67. The number of nitro benzene ring substituents is 1. The number of nitro groups is 1. The van der Waals surface area contributed by atoms with Crippen LogP contribution in [0.4, 0.5) is 11.4 Å². The number of rotatable bonds is 3. The van der Waals surface area contributed by atoms with Gasteiger partial charge in [-0.1, -0.05) is 0 Å². The first-order chi connectivity index (χ1) is 8.56. The highest BCUT2D eigenvalue weighted by molar-refractivity contribution is 9.10. The Labute approximate surface area is 114 Å². The van der Waals surface area contributed by atoms with Crippen molar-refractivity contribution < 1.29 is 4.92 Å². The maximum Gasteiger partial charge on any atom is 0.270 e. The van der Waals surface area contributed by atoms with E-state index in [2.05, 4.69) is 21.2 Å². The molecule has 0 bridgehead atoms. The minimum Gasteiger partial charge on any atom is -0.381 e. The van der Waals surface area contributed by atoms with Crippen LogP contribution in [0.25, 0.3) is 0 Å². The van der Waals surface area contributed by atoms with Crippen LogP contribution in [-0.2, 0) is 0 Å². The summed E-state index contributed by atoms with van der Waals surface area (Å²) in [6, 6.07) is 5.51. The van der Waals surface area contributed by atoms with Crippen molar-refractivity contribution in [2.75, 3.05) is 5.32 Å². The zero-order valence-electron chi connectivity index (χ0n) is 9.93. The molecule has 0 saturated heterocycles. The van der Waals surface area contributed by atoms with Gasteiger partial charge < -0.3 is 11.1 Å². The minimum atomic E-state index is -0.395. The second-order valence-corrected chi connectivity index (χ2v) is 5.53. The van der Waals surface area contributed by atoms with Crippen LogP contribution in [-0.4, -0.2) is 17.0 Å². The van der Waals surface area contributed by atoms with Crippen LogP contribution in [0.2, 0.25) is 0 Å². The van der Waals surface area contributed by atoms with Gasteiger partial charge in [-0.25, -0.2) is 0 Å². The minimum absolute atomic E-state index is 0.0955. The molecule has 0 atom stereocenters. The Bertz CT molecular complexity index is 445. The lowest BCUT2D eigenvalue weighted by Gasteiger charge is -2.27. The van der Waals surface area contributed by atoms with Crippen LogP contribution in [0, 0.1) is 10.1 Å². The maximum absolute atomic E-state index is 10.6. The zero-order chi connectivity index (χ0) is 13.1. The van der Waals surface area contributed by atoms with Crippen molar-refractivity contribution in [1.29, 1.82) is 0 Å². The number of hydrogen-bond acceptors (Lipinski definition) is 4. The van der Waals surface area contributed by atoms with E-state index in [4.69, 9.17) is 5.73 Å². The second-order valence-electron chi connectivity index (χ2n) is 4.68. The van der Waals surface area contributed by atoms with Crippen molar-refractivity contribution in [1.82, 2.24) is 0 Å². The molecule has 1 aliphatic carbocycles. The van der Waals surface area contributed by atoms with E-state index in [-0.39, 0.29) is 5.69 Å². The number of nitrogens with one attached hydrogen (secondary N) is 1. The number of hydrogen-bond donors (Lipinski definition) is 2. The quantitative estimate of drug-likeness (QED) is 0.664. The highest BCUT2D eigenvalue weighted by Crippen LogP contribution is 2.29. The highest BCUT2D eigenvalue weighted by atomic mass is 79.9. The first-order valence-electron chi connectivity index (χ1n) is 6.02. The molecule has 98 valence electrons. The number of nitrogens with two attached hydrogens (primary N) is 1. The van der Waals surface area contributed by atoms with E-state index < -0.39 is 4.92 Å². The van der Waals surface area contributed by atoms with E-state index in [0.29, 0.717) is 12.1 Å². The molecule has 0 aromatic heterocycles. The van der Waals surface area contributed by atoms with Gasteiger partial charge in [0.25, 0.3) is 5.69 Å². The molecule has 0 aliphatic heterocycles. The molecule has 5 nitrogen and oxygen atoms in total. The summed E-state index contributed by atoms with van der Waals surface area (Å²) in [6.07, 6.45) is 4.15. The molecule has 1 aromatic rings. The third-order valence-electron chi connectivity index (χ3n) is 3.29. The predicted molar refractivity (Wildman–Crippen MR) is 74.7 cm³/mol. The van der Waals surface area contributed by atoms with Gasteiger partial charge in [0.15, 0.2) is 0 Å². The molecule has 6 heteroatoms. The summed E-state index contributed by atoms with van der Waals surface area (Å²) in [5.74, 6) is 0. The van der Waals surface area contributed by atoms with E-state index in [9.17, 15) is 10.1 Å². The molecular weight excluding hydrogens is 298 g/mol. The van der Waals surface area contributed by atoms with Crippen LogP contribution in [0.15, 0.2) is 22.7 Å². The number of non-ortho nitro benzene ring substituents is 1. The van der Waals surface area contributed by atoms with Gasteiger partial charge in [0, 0.05) is 34.4 Å². The molecule has 0 amide bonds. The summed E-state index contributed by atoms with van der Waals surface area (Å²) in [6.45, 7) is 0. The molecular formula is C12H16BrN3O2. The fraction of sp³-hybridized carbons (Fsp3) is 0.500. The van der Waals surface area contributed by atoms with Crippen LogP contribution < -0.4 is 11.1 Å². The van der Waals surface area contributed by atoms with Gasteiger partial charge in [-0.15, -0.1) is 0 Å². The molecule has 2 rings (SSSR count). The molecule has 0 unspecified atom stereocenters. The Morgan fingerprint density at radius 2 is 2.00 bits per heavy atom. The van der Waals surface area contributed by atoms with Gasteiger partial charge >= 0.3 is 0 Å². The first-order valence-corrected chi connectivity index (χ1v) is 6.81. The van der Waals surface area contributed by atoms with E-state index in [1.807, 2.05) is 0 Å². The third-order valence-corrected chi connectivity index (χ3v) is 3.95. The Morgan fingerprint density at radius 3 is 2.56 bits per heavy atom. The molecule has 0 spiro atoms. The number of benzene rings is 1. The molecule has 0 radical (unpaired) electrons. The molecule has 18 heavy (non-hydrogen) atoms. The summed E-state index contributed by atoms with van der Waals surface area (Å²) < 4.78 is 0.728. The van der Waals surface area contributed by atoms with Gasteiger partial charge in [-0.2, -0.15) is 0 Å². The number of nitrogens with zero attached hydrogens (tertiary/aromatic N) is 1.